The van der Waals surface area contributed by atoms with Gasteiger partial charge in [0.05, 0.1) is 17.9 Å². The molecule has 31 heavy (non-hydrogen) atoms. The Bertz CT molecular complexity index is 1020. The van der Waals surface area contributed by atoms with Crippen molar-refractivity contribution in [2.24, 2.45) is 0 Å². The zero-order valence-electron chi connectivity index (χ0n) is 16.7. The van der Waals surface area contributed by atoms with E-state index in [4.69, 9.17) is 0 Å². The second-order valence-corrected chi connectivity index (χ2v) is 7.31. The Morgan fingerprint density at radius 2 is 1.90 bits per heavy atom. The van der Waals surface area contributed by atoms with E-state index in [1.54, 1.807) is 24.0 Å². The molecule has 2 aromatic rings. The molecule has 1 aliphatic heterocycles. The van der Waals surface area contributed by atoms with Gasteiger partial charge < -0.3 is 15.3 Å². The molecule has 2 N–H and O–H groups in total. The van der Waals surface area contributed by atoms with Gasteiger partial charge in [-0.05, 0) is 60.7 Å². The first kappa shape index (κ1) is 22.7. The van der Waals surface area contributed by atoms with Crippen molar-refractivity contribution in [3.8, 4) is 0 Å². The summed E-state index contributed by atoms with van der Waals surface area (Å²) in [5.41, 5.74) is 0.106. The third kappa shape index (κ3) is 5.22. The quantitative estimate of drug-likeness (QED) is 0.654. The second kappa shape index (κ2) is 9.05. The van der Waals surface area contributed by atoms with Crippen LogP contribution in [0.4, 0.5) is 27.6 Å². The van der Waals surface area contributed by atoms with Crippen LogP contribution in [0, 0.1) is 18.6 Å². The third-order valence-corrected chi connectivity index (χ3v) is 5.09. The van der Waals surface area contributed by atoms with E-state index in [0.717, 1.165) is 5.56 Å². The van der Waals surface area contributed by atoms with Gasteiger partial charge in [-0.1, -0.05) is 12.1 Å². The molecule has 1 heterocycles. The third-order valence-electron chi connectivity index (χ3n) is 5.09. The van der Waals surface area contributed by atoms with E-state index in [2.05, 4.69) is 5.32 Å². The number of aliphatic hydroxyl groups excluding tert-OH is 1. The SMILES string of the molecule is Cc1cc(CC2=C(C(=O)Nc3cc(F)ccc3C(F)(F)F)N(CCO)CC2)ccc1F. The molecule has 0 aromatic heterocycles. The molecule has 0 saturated carbocycles. The van der Waals surface area contributed by atoms with E-state index in [1.165, 1.54) is 6.07 Å². The molecular weight excluding hydrogens is 419 g/mol. The molecule has 3 rings (SSSR count). The van der Waals surface area contributed by atoms with Gasteiger partial charge in [-0.25, -0.2) is 8.78 Å². The second-order valence-electron chi connectivity index (χ2n) is 7.31. The molecule has 0 aliphatic carbocycles. The van der Waals surface area contributed by atoms with Crippen LogP contribution in [0.3, 0.4) is 0 Å². The number of rotatable bonds is 6. The predicted molar refractivity (Wildman–Crippen MR) is 105 cm³/mol. The molecule has 1 aliphatic rings. The number of carbonyl (C=O) groups is 1. The summed E-state index contributed by atoms with van der Waals surface area (Å²) in [5.74, 6) is -2.11. The number of benzene rings is 2. The van der Waals surface area contributed by atoms with Gasteiger partial charge in [-0.3, -0.25) is 4.79 Å². The van der Waals surface area contributed by atoms with Gasteiger partial charge in [-0.15, -0.1) is 0 Å². The average molecular weight is 440 g/mol. The number of β-amino-alcohol motifs (C(OH)–C–C–N with tert-alkyl or cyclic N) is 1. The van der Waals surface area contributed by atoms with Crippen molar-refractivity contribution in [1.29, 1.82) is 0 Å². The molecule has 4 nitrogen and oxygen atoms in total. The van der Waals surface area contributed by atoms with E-state index in [1.807, 2.05) is 0 Å². The van der Waals surface area contributed by atoms with Crippen LogP contribution in [0.15, 0.2) is 47.7 Å². The van der Waals surface area contributed by atoms with Crippen molar-refractivity contribution in [2.45, 2.75) is 25.9 Å². The Morgan fingerprint density at radius 3 is 2.55 bits per heavy atom. The Balaban J connectivity index is 1.95. The van der Waals surface area contributed by atoms with E-state index < -0.39 is 29.2 Å². The number of nitrogens with zero attached hydrogens (tertiary/aromatic N) is 1. The highest BCUT2D eigenvalue weighted by atomic mass is 19.4. The maximum Gasteiger partial charge on any atom is 0.418 e. The van der Waals surface area contributed by atoms with Crippen LogP contribution in [-0.4, -0.2) is 35.6 Å². The Kier molecular flexibility index (Phi) is 6.64. The van der Waals surface area contributed by atoms with Crippen molar-refractivity contribution in [2.75, 3.05) is 25.0 Å². The maximum absolute atomic E-state index is 13.6. The van der Waals surface area contributed by atoms with Gasteiger partial charge >= 0.3 is 6.18 Å². The number of alkyl halides is 3. The van der Waals surface area contributed by atoms with Gasteiger partial charge in [0.25, 0.3) is 5.91 Å². The first-order chi connectivity index (χ1) is 14.6. The minimum Gasteiger partial charge on any atom is -0.395 e. The van der Waals surface area contributed by atoms with Gasteiger partial charge in [-0.2, -0.15) is 13.2 Å². The molecule has 0 atom stereocenters. The van der Waals surface area contributed by atoms with E-state index in [0.29, 0.717) is 48.7 Å². The van der Waals surface area contributed by atoms with Crippen LogP contribution in [0.1, 0.15) is 23.1 Å². The highest BCUT2D eigenvalue weighted by Crippen LogP contribution is 2.36. The standard InChI is InChI=1S/C22H21F5N2O2/c1-13-10-14(2-5-18(13)24)11-15-6-7-29(8-9-30)20(15)21(31)28-19-12-16(23)3-4-17(19)22(25,26)27/h2-5,10,12,30H,6-9,11H2,1H3,(H,28,31). The van der Waals surface area contributed by atoms with Crippen molar-refractivity contribution in [1.82, 2.24) is 4.90 Å². The fraction of sp³-hybridized carbons (Fsp3) is 0.318. The van der Waals surface area contributed by atoms with Gasteiger partial charge in [0, 0.05) is 13.1 Å². The van der Waals surface area contributed by atoms with Crippen LogP contribution >= 0.6 is 0 Å². The number of hydrogen-bond donors (Lipinski definition) is 2. The molecule has 0 unspecified atom stereocenters. The fourth-order valence-electron chi connectivity index (χ4n) is 3.66. The zero-order valence-corrected chi connectivity index (χ0v) is 16.7. The first-order valence-corrected chi connectivity index (χ1v) is 9.61. The summed E-state index contributed by atoms with van der Waals surface area (Å²) in [6.45, 7) is 1.86. The van der Waals surface area contributed by atoms with Gasteiger partial charge in [0.1, 0.15) is 17.3 Å². The van der Waals surface area contributed by atoms with E-state index in [9.17, 15) is 31.9 Å². The summed E-state index contributed by atoms with van der Waals surface area (Å²) in [5, 5.41) is 11.5. The lowest BCUT2D eigenvalue weighted by Crippen LogP contribution is -2.31. The lowest BCUT2D eigenvalue weighted by atomic mass is 10.0. The van der Waals surface area contributed by atoms with Gasteiger partial charge in [0.15, 0.2) is 0 Å². The van der Waals surface area contributed by atoms with Crippen molar-refractivity contribution in [3.05, 3.63) is 76.0 Å². The molecular formula is C22H21F5N2O2. The summed E-state index contributed by atoms with van der Waals surface area (Å²) in [6.07, 6.45) is -4.03. The topological polar surface area (TPSA) is 52.6 Å². The molecule has 9 heteroatoms. The van der Waals surface area contributed by atoms with Crippen LogP contribution in [0.5, 0.6) is 0 Å². The molecule has 0 spiro atoms. The molecule has 0 radical (unpaired) electrons. The normalized spacial score (nSPS) is 14.4. The number of anilines is 1. The minimum absolute atomic E-state index is 0.115. The van der Waals surface area contributed by atoms with Crippen molar-refractivity contribution in [3.63, 3.8) is 0 Å². The highest BCUT2D eigenvalue weighted by molar-refractivity contribution is 6.04. The van der Waals surface area contributed by atoms with Gasteiger partial charge in [0.2, 0.25) is 0 Å². The number of aryl methyl sites for hydroxylation is 1. The average Bonchev–Trinajstić information content (AvgIpc) is 3.06. The molecule has 1 amide bonds. The summed E-state index contributed by atoms with van der Waals surface area (Å²) in [6, 6.07) is 6.40. The smallest absolute Gasteiger partial charge is 0.395 e. The number of hydrogen-bond acceptors (Lipinski definition) is 3. The van der Waals surface area contributed by atoms with Crippen molar-refractivity contribution >= 4 is 11.6 Å². The summed E-state index contributed by atoms with van der Waals surface area (Å²) >= 11 is 0. The summed E-state index contributed by atoms with van der Waals surface area (Å²) in [7, 11) is 0. The number of aliphatic hydroxyl groups is 1. The maximum atomic E-state index is 13.6. The Labute approximate surface area is 176 Å². The number of carbonyl (C=O) groups excluding carboxylic acids is 1. The molecule has 2 aromatic carbocycles. The fourth-order valence-corrected chi connectivity index (χ4v) is 3.66. The molecule has 0 saturated heterocycles. The van der Waals surface area contributed by atoms with Crippen LogP contribution < -0.4 is 5.32 Å². The van der Waals surface area contributed by atoms with Crippen molar-refractivity contribution < 1.29 is 31.9 Å². The van der Waals surface area contributed by atoms with Crippen LogP contribution in [0.2, 0.25) is 0 Å². The lowest BCUT2D eigenvalue weighted by Gasteiger charge is -2.22. The highest BCUT2D eigenvalue weighted by Gasteiger charge is 2.35. The predicted octanol–water partition coefficient (Wildman–Crippen LogP) is 4.43. The molecule has 0 fully saturated rings. The molecule has 166 valence electrons. The first-order valence-electron chi connectivity index (χ1n) is 9.61. The molecule has 0 bridgehead atoms. The zero-order chi connectivity index (χ0) is 22.8. The monoisotopic (exact) mass is 440 g/mol. The lowest BCUT2D eigenvalue weighted by molar-refractivity contribution is -0.137. The summed E-state index contributed by atoms with van der Waals surface area (Å²) in [4.78, 5) is 14.5. The van der Waals surface area contributed by atoms with E-state index >= 15 is 0 Å². The number of halogens is 5. The largest absolute Gasteiger partial charge is 0.418 e. The van der Waals surface area contributed by atoms with Crippen LogP contribution in [-0.2, 0) is 17.4 Å². The Hall–Kier alpha value is -2.94. The summed E-state index contributed by atoms with van der Waals surface area (Å²) < 4.78 is 67.0. The van der Waals surface area contributed by atoms with Crippen LogP contribution in [0.25, 0.3) is 0 Å². The van der Waals surface area contributed by atoms with E-state index in [-0.39, 0.29) is 24.7 Å². The Morgan fingerprint density at radius 1 is 1.16 bits per heavy atom. The number of amides is 1. The minimum atomic E-state index is -4.78. The number of nitrogens with one attached hydrogen (secondary N) is 1.